The molecule has 2 fully saturated rings. The highest BCUT2D eigenvalue weighted by Gasteiger charge is 2.39. The van der Waals surface area contributed by atoms with Crippen molar-refractivity contribution in [2.24, 2.45) is 5.92 Å². The zero-order chi connectivity index (χ0) is 10.2. The third-order valence-electron chi connectivity index (χ3n) is 2.80. The highest BCUT2D eigenvalue weighted by molar-refractivity contribution is 4.89. The molecular formula is C9H15F3N2. The smallest absolute Gasteiger partial charge is 0.316 e. The molecule has 0 aromatic rings. The lowest BCUT2D eigenvalue weighted by atomic mass is 10.0. The van der Waals surface area contributed by atoms with E-state index < -0.39 is 12.7 Å². The summed E-state index contributed by atoms with van der Waals surface area (Å²) in [6.45, 7) is 1.63. The minimum Gasteiger partial charge on any atom is -0.316 e. The van der Waals surface area contributed by atoms with Crippen LogP contribution in [0.3, 0.4) is 0 Å². The van der Waals surface area contributed by atoms with Gasteiger partial charge in [0.15, 0.2) is 0 Å². The van der Waals surface area contributed by atoms with E-state index in [0.717, 1.165) is 25.9 Å². The Labute approximate surface area is 81.5 Å². The Balaban J connectivity index is 1.80. The molecule has 0 bridgehead atoms. The van der Waals surface area contributed by atoms with Crippen LogP contribution in [0.1, 0.15) is 12.8 Å². The topological polar surface area (TPSA) is 15.3 Å². The lowest BCUT2D eigenvalue weighted by Crippen LogP contribution is -2.50. The van der Waals surface area contributed by atoms with Crippen LogP contribution in [-0.2, 0) is 0 Å². The van der Waals surface area contributed by atoms with Crippen LogP contribution in [0.25, 0.3) is 0 Å². The number of hydrogen-bond acceptors (Lipinski definition) is 2. The molecule has 0 aromatic carbocycles. The van der Waals surface area contributed by atoms with Gasteiger partial charge in [0, 0.05) is 25.7 Å². The molecule has 2 rings (SSSR count). The molecule has 14 heavy (non-hydrogen) atoms. The number of alkyl halides is 3. The van der Waals surface area contributed by atoms with Crippen molar-refractivity contribution < 1.29 is 13.2 Å². The van der Waals surface area contributed by atoms with E-state index in [9.17, 15) is 13.2 Å². The Morgan fingerprint density at radius 2 is 1.86 bits per heavy atom. The van der Waals surface area contributed by atoms with Crippen LogP contribution in [0.5, 0.6) is 0 Å². The summed E-state index contributed by atoms with van der Waals surface area (Å²) < 4.78 is 36.6. The average Bonchev–Trinajstić information content (AvgIpc) is 2.73. The zero-order valence-corrected chi connectivity index (χ0v) is 7.98. The first-order chi connectivity index (χ1) is 6.54. The van der Waals surface area contributed by atoms with Crippen LogP contribution < -0.4 is 5.32 Å². The number of rotatable bonds is 4. The maximum Gasteiger partial charge on any atom is 0.401 e. The van der Waals surface area contributed by atoms with Gasteiger partial charge in [-0.05, 0) is 18.8 Å². The van der Waals surface area contributed by atoms with Crippen LogP contribution in [0, 0.1) is 5.92 Å². The summed E-state index contributed by atoms with van der Waals surface area (Å²) in [5.74, 6) is 0.429. The predicted octanol–water partition coefficient (Wildman–Crippen LogP) is 1.23. The van der Waals surface area contributed by atoms with Gasteiger partial charge in [0.1, 0.15) is 0 Å². The fourth-order valence-electron chi connectivity index (χ4n) is 1.82. The molecule has 1 N–H and O–H groups in total. The summed E-state index contributed by atoms with van der Waals surface area (Å²) in [5, 5.41) is 3.08. The van der Waals surface area contributed by atoms with Crippen LogP contribution >= 0.6 is 0 Å². The van der Waals surface area contributed by atoms with Crippen molar-refractivity contribution in [3.05, 3.63) is 0 Å². The molecule has 1 heterocycles. The van der Waals surface area contributed by atoms with Crippen LogP contribution in [0.2, 0.25) is 0 Å². The van der Waals surface area contributed by atoms with Crippen LogP contribution in [0.15, 0.2) is 0 Å². The summed E-state index contributed by atoms with van der Waals surface area (Å²) in [4.78, 5) is 1.60. The van der Waals surface area contributed by atoms with Gasteiger partial charge in [-0.3, -0.25) is 4.90 Å². The molecule has 82 valence electrons. The SMILES string of the molecule is FC(F)(F)CN(CC1CNC1)C1CC1. The normalized spacial score (nSPS) is 24.0. The molecule has 5 heteroatoms. The monoisotopic (exact) mass is 208 g/mol. The van der Waals surface area contributed by atoms with E-state index in [1.54, 1.807) is 4.90 Å². The van der Waals surface area contributed by atoms with Gasteiger partial charge in [0.05, 0.1) is 6.54 Å². The molecule has 1 saturated heterocycles. The van der Waals surface area contributed by atoms with Crippen molar-refractivity contribution in [2.45, 2.75) is 25.1 Å². The summed E-state index contributed by atoms with van der Waals surface area (Å²) >= 11 is 0. The van der Waals surface area contributed by atoms with Gasteiger partial charge in [0.2, 0.25) is 0 Å². The van der Waals surface area contributed by atoms with Crippen LogP contribution in [-0.4, -0.2) is 43.3 Å². The highest BCUT2D eigenvalue weighted by Crippen LogP contribution is 2.30. The predicted molar refractivity (Wildman–Crippen MR) is 47.0 cm³/mol. The molecule has 2 nitrogen and oxygen atoms in total. The first-order valence-electron chi connectivity index (χ1n) is 5.06. The molecular weight excluding hydrogens is 193 g/mol. The van der Waals surface area contributed by atoms with Gasteiger partial charge < -0.3 is 5.32 Å². The lowest BCUT2D eigenvalue weighted by Gasteiger charge is -2.33. The molecule has 1 saturated carbocycles. The minimum absolute atomic E-state index is 0.206. The fraction of sp³-hybridized carbons (Fsp3) is 1.00. The Morgan fingerprint density at radius 1 is 1.21 bits per heavy atom. The molecule has 1 aliphatic carbocycles. The van der Waals surface area contributed by atoms with E-state index >= 15 is 0 Å². The maximum atomic E-state index is 12.2. The summed E-state index contributed by atoms with van der Waals surface area (Å²) in [5.41, 5.74) is 0. The second-order valence-electron chi connectivity index (χ2n) is 4.30. The first-order valence-corrected chi connectivity index (χ1v) is 5.06. The van der Waals surface area contributed by atoms with Gasteiger partial charge in [-0.25, -0.2) is 0 Å². The number of nitrogens with one attached hydrogen (secondary N) is 1. The van der Waals surface area contributed by atoms with Crippen molar-refractivity contribution in [1.29, 1.82) is 0 Å². The zero-order valence-electron chi connectivity index (χ0n) is 7.98. The van der Waals surface area contributed by atoms with Crippen molar-refractivity contribution in [3.8, 4) is 0 Å². The standard InChI is InChI=1S/C9H15F3N2/c10-9(11,12)6-14(8-1-2-8)5-7-3-13-4-7/h7-8,13H,1-6H2. The van der Waals surface area contributed by atoms with Crippen molar-refractivity contribution in [3.63, 3.8) is 0 Å². The highest BCUT2D eigenvalue weighted by atomic mass is 19.4. The molecule has 1 aliphatic heterocycles. The van der Waals surface area contributed by atoms with Gasteiger partial charge >= 0.3 is 6.18 Å². The van der Waals surface area contributed by atoms with Crippen LogP contribution in [0.4, 0.5) is 13.2 Å². The third kappa shape index (κ3) is 2.85. The lowest BCUT2D eigenvalue weighted by molar-refractivity contribution is -0.149. The van der Waals surface area contributed by atoms with Crippen molar-refractivity contribution in [2.75, 3.05) is 26.2 Å². The van der Waals surface area contributed by atoms with E-state index in [4.69, 9.17) is 0 Å². The molecule has 0 spiro atoms. The van der Waals surface area contributed by atoms with Gasteiger partial charge in [-0.1, -0.05) is 0 Å². The summed E-state index contributed by atoms with van der Waals surface area (Å²) in [7, 11) is 0. The molecule has 0 radical (unpaired) electrons. The molecule has 0 aromatic heterocycles. The fourth-order valence-corrected chi connectivity index (χ4v) is 1.82. The van der Waals surface area contributed by atoms with Gasteiger partial charge in [-0.2, -0.15) is 13.2 Å². The Bertz CT molecular complexity index is 197. The molecule has 0 atom stereocenters. The largest absolute Gasteiger partial charge is 0.401 e. The molecule has 0 unspecified atom stereocenters. The quantitative estimate of drug-likeness (QED) is 0.747. The average molecular weight is 208 g/mol. The molecule has 2 aliphatic rings. The maximum absolute atomic E-state index is 12.2. The minimum atomic E-state index is -4.04. The second-order valence-corrected chi connectivity index (χ2v) is 4.30. The number of nitrogens with zero attached hydrogens (tertiary/aromatic N) is 1. The second kappa shape index (κ2) is 3.70. The van der Waals surface area contributed by atoms with Crippen molar-refractivity contribution in [1.82, 2.24) is 10.2 Å². The van der Waals surface area contributed by atoms with Crippen molar-refractivity contribution >= 4 is 0 Å². The molecule has 0 amide bonds. The van der Waals surface area contributed by atoms with Gasteiger partial charge in [-0.15, -0.1) is 0 Å². The van der Waals surface area contributed by atoms with E-state index in [0.29, 0.717) is 12.5 Å². The number of halogens is 3. The Morgan fingerprint density at radius 3 is 2.21 bits per heavy atom. The van der Waals surface area contributed by atoms with Gasteiger partial charge in [0.25, 0.3) is 0 Å². The van der Waals surface area contributed by atoms with E-state index in [1.807, 2.05) is 0 Å². The Hall–Kier alpha value is -0.290. The Kier molecular flexibility index (Phi) is 2.70. The van der Waals surface area contributed by atoms with E-state index in [1.165, 1.54) is 0 Å². The summed E-state index contributed by atoms with van der Waals surface area (Å²) in [6, 6.07) is 0.206. The number of hydrogen-bond donors (Lipinski definition) is 1. The summed E-state index contributed by atoms with van der Waals surface area (Å²) in [6.07, 6.45) is -2.16. The van der Waals surface area contributed by atoms with E-state index in [-0.39, 0.29) is 6.04 Å². The first kappa shape index (κ1) is 10.2. The third-order valence-corrected chi connectivity index (χ3v) is 2.80. The van der Waals surface area contributed by atoms with E-state index in [2.05, 4.69) is 5.32 Å².